The number of hydrogen-bond acceptors (Lipinski definition) is 4. The second kappa shape index (κ2) is 8.79. The lowest BCUT2D eigenvalue weighted by Crippen LogP contribution is -2.21. The number of anilines is 1. The number of ether oxygens (including phenoxy) is 1. The van der Waals surface area contributed by atoms with Crippen molar-refractivity contribution in [1.29, 1.82) is 0 Å². The minimum atomic E-state index is -0.240. The molecule has 6 nitrogen and oxygen atoms in total. The zero-order valence-electron chi connectivity index (χ0n) is 16.4. The van der Waals surface area contributed by atoms with Gasteiger partial charge in [-0.2, -0.15) is 0 Å². The third kappa shape index (κ3) is 4.55. The summed E-state index contributed by atoms with van der Waals surface area (Å²) in [6, 6.07) is 17.2. The zero-order chi connectivity index (χ0) is 22.0. The summed E-state index contributed by atoms with van der Waals surface area (Å²) in [6.45, 7) is 0.298. The first-order valence-corrected chi connectivity index (χ1v) is 10.1. The molecule has 0 saturated carbocycles. The van der Waals surface area contributed by atoms with Gasteiger partial charge in [-0.3, -0.25) is 14.2 Å². The Morgan fingerprint density at radius 1 is 1.06 bits per heavy atom. The van der Waals surface area contributed by atoms with Crippen LogP contribution >= 0.6 is 23.2 Å². The van der Waals surface area contributed by atoms with Crippen LogP contribution in [-0.4, -0.2) is 22.6 Å². The van der Waals surface area contributed by atoms with Crippen molar-refractivity contribution in [3.8, 4) is 5.75 Å². The molecule has 1 aromatic heterocycles. The fourth-order valence-electron chi connectivity index (χ4n) is 3.14. The predicted octanol–water partition coefficient (Wildman–Crippen LogP) is 5.01. The van der Waals surface area contributed by atoms with E-state index in [1.54, 1.807) is 67.8 Å². The van der Waals surface area contributed by atoms with Gasteiger partial charge in [0.15, 0.2) is 0 Å². The minimum Gasteiger partial charge on any atom is -0.497 e. The van der Waals surface area contributed by atoms with E-state index < -0.39 is 0 Å². The van der Waals surface area contributed by atoms with Gasteiger partial charge < -0.3 is 10.1 Å². The Morgan fingerprint density at radius 2 is 1.77 bits per heavy atom. The van der Waals surface area contributed by atoms with Gasteiger partial charge in [0.2, 0.25) is 0 Å². The molecule has 4 aromatic rings. The average molecular weight is 454 g/mol. The highest BCUT2D eigenvalue weighted by atomic mass is 35.5. The van der Waals surface area contributed by atoms with Gasteiger partial charge in [0.1, 0.15) is 5.75 Å². The van der Waals surface area contributed by atoms with Crippen molar-refractivity contribution in [2.75, 3.05) is 12.4 Å². The first kappa shape index (κ1) is 20.9. The van der Waals surface area contributed by atoms with E-state index in [9.17, 15) is 9.59 Å². The summed E-state index contributed by atoms with van der Waals surface area (Å²) in [7, 11) is 1.58. The van der Waals surface area contributed by atoms with Gasteiger partial charge >= 0.3 is 0 Å². The molecule has 0 aliphatic carbocycles. The van der Waals surface area contributed by atoms with E-state index in [0.29, 0.717) is 44.5 Å². The number of fused-ring (bicyclic) bond motifs is 1. The van der Waals surface area contributed by atoms with Gasteiger partial charge in [-0.15, -0.1) is 0 Å². The predicted molar refractivity (Wildman–Crippen MR) is 123 cm³/mol. The smallest absolute Gasteiger partial charge is 0.261 e. The largest absolute Gasteiger partial charge is 0.497 e. The topological polar surface area (TPSA) is 73.2 Å². The van der Waals surface area contributed by atoms with Crippen molar-refractivity contribution in [3.63, 3.8) is 0 Å². The standard InChI is InChI=1S/C23H17Cl2N3O3/c1-31-18-8-6-17(7-9-18)27-22(29)15-4-2-14(3-5-15)12-28-13-26-21-19(23(28)30)10-16(24)11-20(21)25/h2-11,13H,12H2,1H3,(H,27,29). The van der Waals surface area contributed by atoms with Crippen molar-refractivity contribution in [2.45, 2.75) is 6.54 Å². The lowest BCUT2D eigenvalue weighted by molar-refractivity contribution is 0.102. The number of rotatable bonds is 5. The molecule has 1 amide bonds. The lowest BCUT2D eigenvalue weighted by Gasteiger charge is -2.09. The molecule has 0 aliphatic rings. The monoisotopic (exact) mass is 453 g/mol. The molecule has 0 unspecified atom stereocenters. The lowest BCUT2D eigenvalue weighted by atomic mass is 10.1. The number of nitrogens with zero attached hydrogens (tertiary/aromatic N) is 2. The molecule has 1 N–H and O–H groups in total. The number of carbonyl (C=O) groups is 1. The van der Waals surface area contributed by atoms with E-state index in [1.807, 2.05) is 0 Å². The molecular weight excluding hydrogens is 437 g/mol. The number of carbonyl (C=O) groups excluding carboxylic acids is 1. The molecule has 0 bridgehead atoms. The van der Waals surface area contributed by atoms with Gasteiger partial charge in [0.05, 0.1) is 35.9 Å². The summed E-state index contributed by atoms with van der Waals surface area (Å²) in [6.07, 6.45) is 1.45. The fraction of sp³-hybridized carbons (Fsp3) is 0.0870. The van der Waals surface area contributed by atoms with Crippen LogP contribution in [0.4, 0.5) is 5.69 Å². The van der Waals surface area contributed by atoms with E-state index in [4.69, 9.17) is 27.9 Å². The molecule has 0 radical (unpaired) electrons. The van der Waals surface area contributed by atoms with Crippen molar-refractivity contribution < 1.29 is 9.53 Å². The van der Waals surface area contributed by atoms with E-state index >= 15 is 0 Å². The molecule has 0 saturated heterocycles. The van der Waals surface area contributed by atoms with Gasteiger partial charge in [-0.1, -0.05) is 35.3 Å². The van der Waals surface area contributed by atoms with Crippen LogP contribution in [-0.2, 0) is 6.54 Å². The molecule has 156 valence electrons. The van der Waals surface area contributed by atoms with Crippen LogP contribution in [0.3, 0.4) is 0 Å². The molecule has 0 atom stereocenters. The normalized spacial score (nSPS) is 10.8. The molecule has 31 heavy (non-hydrogen) atoms. The van der Waals surface area contributed by atoms with E-state index in [-0.39, 0.29) is 11.5 Å². The number of nitrogens with one attached hydrogen (secondary N) is 1. The summed E-state index contributed by atoms with van der Waals surface area (Å²) < 4.78 is 6.58. The number of benzene rings is 3. The highest BCUT2D eigenvalue weighted by Gasteiger charge is 2.10. The third-order valence-electron chi connectivity index (χ3n) is 4.76. The van der Waals surface area contributed by atoms with Gasteiger partial charge in [-0.05, 0) is 54.1 Å². The van der Waals surface area contributed by atoms with Gasteiger partial charge in [0.25, 0.3) is 11.5 Å². The molecule has 0 fully saturated rings. The number of methoxy groups -OCH3 is 1. The summed E-state index contributed by atoms with van der Waals surface area (Å²) >= 11 is 12.2. The Kier molecular flexibility index (Phi) is 5.93. The Morgan fingerprint density at radius 3 is 2.45 bits per heavy atom. The minimum absolute atomic E-state index is 0.231. The van der Waals surface area contributed by atoms with Crippen LogP contribution in [0.25, 0.3) is 10.9 Å². The Bertz CT molecular complexity index is 1320. The molecule has 0 aliphatic heterocycles. The van der Waals surface area contributed by atoms with Crippen molar-refractivity contribution in [3.05, 3.63) is 98.5 Å². The van der Waals surface area contributed by atoms with Crippen LogP contribution < -0.4 is 15.6 Å². The first-order chi connectivity index (χ1) is 14.9. The Hall–Kier alpha value is -3.35. The maximum absolute atomic E-state index is 12.8. The summed E-state index contributed by atoms with van der Waals surface area (Å²) in [5, 5.41) is 3.90. The van der Waals surface area contributed by atoms with E-state index in [0.717, 1.165) is 5.56 Å². The summed E-state index contributed by atoms with van der Waals surface area (Å²) in [5.41, 5.74) is 2.19. The summed E-state index contributed by atoms with van der Waals surface area (Å²) in [5.74, 6) is 0.482. The fourth-order valence-corrected chi connectivity index (χ4v) is 3.69. The van der Waals surface area contributed by atoms with Gasteiger partial charge in [0, 0.05) is 16.3 Å². The zero-order valence-corrected chi connectivity index (χ0v) is 17.9. The van der Waals surface area contributed by atoms with E-state index in [2.05, 4.69) is 10.3 Å². The Balaban J connectivity index is 1.51. The average Bonchev–Trinajstić information content (AvgIpc) is 2.77. The maximum Gasteiger partial charge on any atom is 0.261 e. The number of aromatic nitrogens is 2. The second-order valence-electron chi connectivity index (χ2n) is 6.84. The molecule has 3 aromatic carbocycles. The molecule has 8 heteroatoms. The molecule has 1 heterocycles. The quantitative estimate of drug-likeness (QED) is 0.460. The van der Waals surface area contributed by atoms with Crippen LogP contribution in [0.5, 0.6) is 5.75 Å². The van der Waals surface area contributed by atoms with Crippen LogP contribution in [0.2, 0.25) is 10.0 Å². The number of amides is 1. The SMILES string of the molecule is COc1ccc(NC(=O)c2ccc(Cn3cnc4c(Cl)cc(Cl)cc4c3=O)cc2)cc1. The van der Waals surface area contributed by atoms with Crippen molar-refractivity contribution in [1.82, 2.24) is 9.55 Å². The molecular formula is C23H17Cl2N3O3. The van der Waals surface area contributed by atoms with Crippen LogP contribution in [0.1, 0.15) is 15.9 Å². The van der Waals surface area contributed by atoms with Crippen molar-refractivity contribution >= 4 is 45.7 Å². The highest BCUT2D eigenvalue weighted by Crippen LogP contribution is 2.24. The van der Waals surface area contributed by atoms with Crippen molar-refractivity contribution in [2.24, 2.45) is 0 Å². The first-order valence-electron chi connectivity index (χ1n) is 9.33. The molecule has 4 rings (SSSR count). The van der Waals surface area contributed by atoms with Crippen LogP contribution in [0, 0.1) is 0 Å². The van der Waals surface area contributed by atoms with Crippen LogP contribution in [0.15, 0.2) is 71.8 Å². The highest BCUT2D eigenvalue weighted by molar-refractivity contribution is 6.38. The number of halogens is 2. The van der Waals surface area contributed by atoms with E-state index in [1.165, 1.54) is 10.9 Å². The third-order valence-corrected chi connectivity index (χ3v) is 5.27. The maximum atomic E-state index is 12.8. The van der Waals surface area contributed by atoms with Gasteiger partial charge in [-0.25, -0.2) is 4.98 Å². The molecule has 0 spiro atoms. The summed E-state index contributed by atoms with van der Waals surface area (Å²) in [4.78, 5) is 29.5. The number of hydrogen-bond donors (Lipinski definition) is 1. The second-order valence-corrected chi connectivity index (χ2v) is 7.68. The Labute approximate surface area is 188 Å².